The van der Waals surface area contributed by atoms with Gasteiger partial charge in [0.05, 0.1) is 12.2 Å². The summed E-state index contributed by atoms with van der Waals surface area (Å²) in [5, 5.41) is 12.2. The van der Waals surface area contributed by atoms with Crippen LogP contribution in [0, 0.1) is 17.2 Å². The first-order valence-corrected chi connectivity index (χ1v) is 8.48. The molecule has 5 heteroatoms. The normalized spacial score (nSPS) is 13.2. The lowest BCUT2D eigenvalue weighted by Crippen LogP contribution is -2.42. The van der Waals surface area contributed by atoms with Crippen LogP contribution in [-0.4, -0.2) is 24.7 Å². The third-order valence-electron chi connectivity index (χ3n) is 3.60. The lowest BCUT2D eigenvalue weighted by molar-refractivity contribution is -0.139. The maximum absolute atomic E-state index is 12.6. The first kappa shape index (κ1) is 20.0. The monoisotopic (exact) mass is 332 g/mol. The average molecular weight is 332 g/mol. The first-order valence-electron chi connectivity index (χ1n) is 8.48. The number of amides is 1. The minimum atomic E-state index is -0.872. The van der Waals surface area contributed by atoms with Crippen molar-refractivity contribution >= 4 is 11.6 Å². The summed E-state index contributed by atoms with van der Waals surface area (Å²) in [4.78, 5) is 12.6. The summed E-state index contributed by atoms with van der Waals surface area (Å²) in [5.41, 5.74) is 0.0980. The Labute approximate surface area is 145 Å². The Morgan fingerprint density at radius 1 is 1.38 bits per heavy atom. The lowest BCUT2D eigenvalue weighted by Gasteiger charge is -2.28. The molecule has 0 radical (unpaired) electrons. The van der Waals surface area contributed by atoms with Crippen LogP contribution in [-0.2, 0) is 9.53 Å². The molecule has 0 aromatic heterocycles. The summed E-state index contributed by atoms with van der Waals surface area (Å²) in [7, 11) is 0. The van der Waals surface area contributed by atoms with Gasteiger partial charge in [0.25, 0.3) is 5.91 Å². The molecule has 0 unspecified atom stereocenters. The standard InChI is InChI=1S/C19H28N2O3/c1-6-10-19(5,24-7-2)18(22)21-16-8-9-17(15(11-16)12-20)23-13-14(3)4/h8-9,11,14H,6-7,10,13H2,1-5H3,(H,21,22)/t19-/m1/s1. The Morgan fingerprint density at radius 3 is 2.62 bits per heavy atom. The second-order valence-corrected chi connectivity index (χ2v) is 6.40. The topological polar surface area (TPSA) is 71.3 Å². The maximum atomic E-state index is 12.6. The van der Waals surface area contributed by atoms with Crippen molar-refractivity contribution < 1.29 is 14.3 Å². The van der Waals surface area contributed by atoms with Gasteiger partial charge in [0, 0.05) is 12.3 Å². The van der Waals surface area contributed by atoms with Crippen LogP contribution in [0.1, 0.15) is 53.0 Å². The lowest BCUT2D eigenvalue weighted by atomic mass is 9.99. The van der Waals surface area contributed by atoms with Gasteiger partial charge in [-0.2, -0.15) is 5.26 Å². The van der Waals surface area contributed by atoms with Crippen molar-refractivity contribution in [2.45, 2.75) is 53.1 Å². The van der Waals surface area contributed by atoms with E-state index in [1.54, 1.807) is 25.1 Å². The summed E-state index contributed by atoms with van der Waals surface area (Å²) in [6.07, 6.45) is 1.47. The van der Waals surface area contributed by atoms with Crippen LogP contribution in [0.15, 0.2) is 18.2 Å². The number of nitrogens with zero attached hydrogens (tertiary/aromatic N) is 1. The number of hydrogen-bond donors (Lipinski definition) is 1. The van der Waals surface area contributed by atoms with Crippen LogP contribution in [0.25, 0.3) is 0 Å². The zero-order valence-corrected chi connectivity index (χ0v) is 15.3. The van der Waals surface area contributed by atoms with E-state index in [4.69, 9.17) is 9.47 Å². The van der Waals surface area contributed by atoms with E-state index in [9.17, 15) is 10.1 Å². The quantitative estimate of drug-likeness (QED) is 0.738. The molecule has 5 nitrogen and oxygen atoms in total. The van der Waals surface area contributed by atoms with Gasteiger partial charge in [0.1, 0.15) is 17.4 Å². The average Bonchev–Trinajstić information content (AvgIpc) is 2.53. The van der Waals surface area contributed by atoms with E-state index < -0.39 is 5.60 Å². The fourth-order valence-electron chi connectivity index (χ4n) is 2.39. The van der Waals surface area contributed by atoms with Crippen LogP contribution in [0.3, 0.4) is 0 Å². The minimum Gasteiger partial charge on any atom is -0.492 e. The number of ether oxygens (including phenoxy) is 2. The number of benzene rings is 1. The van der Waals surface area contributed by atoms with Crippen LogP contribution >= 0.6 is 0 Å². The summed E-state index contributed by atoms with van der Waals surface area (Å²) >= 11 is 0. The van der Waals surface area contributed by atoms with Gasteiger partial charge in [-0.3, -0.25) is 4.79 Å². The molecule has 1 atom stereocenters. The SMILES string of the molecule is CCC[C@@](C)(OCC)C(=O)Nc1ccc(OCC(C)C)c(C#N)c1. The van der Waals surface area contributed by atoms with Crippen molar-refractivity contribution in [3.8, 4) is 11.8 Å². The highest BCUT2D eigenvalue weighted by Gasteiger charge is 2.33. The van der Waals surface area contributed by atoms with Gasteiger partial charge in [0.15, 0.2) is 0 Å². The van der Waals surface area contributed by atoms with E-state index in [0.717, 1.165) is 6.42 Å². The predicted octanol–water partition coefficient (Wildman–Crippen LogP) is 4.13. The maximum Gasteiger partial charge on any atom is 0.256 e. The molecule has 132 valence electrons. The fraction of sp³-hybridized carbons (Fsp3) is 0.579. The highest BCUT2D eigenvalue weighted by molar-refractivity contribution is 5.97. The van der Waals surface area contributed by atoms with E-state index >= 15 is 0 Å². The Morgan fingerprint density at radius 2 is 2.08 bits per heavy atom. The second kappa shape index (κ2) is 9.29. The molecule has 1 rings (SSSR count). The Kier molecular flexibility index (Phi) is 7.73. The van der Waals surface area contributed by atoms with E-state index in [2.05, 4.69) is 11.4 Å². The van der Waals surface area contributed by atoms with Crippen LogP contribution < -0.4 is 10.1 Å². The van der Waals surface area contributed by atoms with Gasteiger partial charge in [-0.15, -0.1) is 0 Å². The van der Waals surface area contributed by atoms with E-state index in [-0.39, 0.29) is 5.91 Å². The van der Waals surface area contributed by atoms with Crippen LogP contribution in [0.4, 0.5) is 5.69 Å². The third kappa shape index (κ3) is 5.54. The summed E-state index contributed by atoms with van der Waals surface area (Å²) in [5.74, 6) is 0.702. The Balaban J connectivity index is 2.91. The molecule has 0 aliphatic carbocycles. The largest absolute Gasteiger partial charge is 0.492 e. The van der Waals surface area contributed by atoms with Gasteiger partial charge in [-0.1, -0.05) is 27.2 Å². The molecule has 1 aromatic carbocycles. The molecule has 1 amide bonds. The number of nitrogens with one attached hydrogen (secondary N) is 1. The molecule has 0 saturated carbocycles. The van der Waals surface area contributed by atoms with Crippen LogP contribution in [0.2, 0.25) is 0 Å². The molecule has 0 aliphatic heterocycles. The van der Waals surface area contributed by atoms with Gasteiger partial charge in [-0.05, 0) is 44.4 Å². The summed E-state index contributed by atoms with van der Waals surface area (Å²) < 4.78 is 11.3. The second-order valence-electron chi connectivity index (χ2n) is 6.40. The van der Waals surface area contributed by atoms with Gasteiger partial charge >= 0.3 is 0 Å². The molecular formula is C19H28N2O3. The van der Waals surface area contributed by atoms with E-state index in [0.29, 0.717) is 42.6 Å². The van der Waals surface area contributed by atoms with E-state index in [1.807, 2.05) is 27.7 Å². The molecule has 0 aliphatic rings. The number of carbonyl (C=O) groups is 1. The number of carbonyl (C=O) groups excluding carboxylic acids is 1. The minimum absolute atomic E-state index is 0.203. The van der Waals surface area contributed by atoms with E-state index in [1.165, 1.54) is 0 Å². The zero-order chi connectivity index (χ0) is 18.2. The molecule has 0 bridgehead atoms. The van der Waals surface area contributed by atoms with Crippen LogP contribution in [0.5, 0.6) is 5.75 Å². The van der Waals surface area contributed by atoms with Crippen molar-refractivity contribution in [3.05, 3.63) is 23.8 Å². The molecule has 0 saturated heterocycles. The molecule has 24 heavy (non-hydrogen) atoms. The highest BCUT2D eigenvalue weighted by Crippen LogP contribution is 2.25. The fourth-order valence-corrected chi connectivity index (χ4v) is 2.39. The summed E-state index contributed by atoms with van der Waals surface area (Å²) in [6.45, 7) is 10.8. The first-order chi connectivity index (χ1) is 11.4. The number of hydrogen-bond acceptors (Lipinski definition) is 4. The van der Waals surface area contributed by atoms with Gasteiger partial charge < -0.3 is 14.8 Å². The Bertz CT molecular complexity index is 585. The Hall–Kier alpha value is -2.06. The van der Waals surface area contributed by atoms with Crippen molar-refractivity contribution in [1.29, 1.82) is 5.26 Å². The molecular weight excluding hydrogens is 304 g/mol. The number of anilines is 1. The number of nitriles is 1. The van der Waals surface area contributed by atoms with Crippen molar-refractivity contribution in [2.75, 3.05) is 18.5 Å². The molecule has 0 heterocycles. The smallest absolute Gasteiger partial charge is 0.256 e. The van der Waals surface area contributed by atoms with Crippen molar-refractivity contribution in [3.63, 3.8) is 0 Å². The van der Waals surface area contributed by atoms with Crippen molar-refractivity contribution in [2.24, 2.45) is 5.92 Å². The predicted molar refractivity (Wildman–Crippen MR) is 95.1 cm³/mol. The van der Waals surface area contributed by atoms with Gasteiger partial charge in [0.2, 0.25) is 0 Å². The molecule has 0 spiro atoms. The highest BCUT2D eigenvalue weighted by atomic mass is 16.5. The molecule has 1 N–H and O–H groups in total. The van der Waals surface area contributed by atoms with Crippen molar-refractivity contribution in [1.82, 2.24) is 0 Å². The summed E-state index contributed by atoms with van der Waals surface area (Å²) in [6, 6.07) is 7.20. The molecule has 0 fully saturated rings. The molecule has 1 aromatic rings. The number of rotatable bonds is 9. The zero-order valence-electron chi connectivity index (χ0n) is 15.3. The third-order valence-corrected chi connectivity index (χ3v) is 3.60. The van der Waals surface area contributed by atoms with Gasteiger partial charge in [-0.25, -0.2) is 0 Å².